The van der Waals surface area contributed by atoms with E-state index in [1.165, 1.54) is 32.1 Å². The first-order valence-electron chi connectivity index (χ1n) is 9.24. The molecular weight excluding hydrogens is 288 g/mol. The quantitative estimate of drug-likeness (QED) is 0.859. The van der Waals surface area contributed by atoms with E-state index in [4.69, 9.17) is 0 Å². The van der Waals surface area contributed by atoms with Crippen LogP contribution in [0.3, 0.4) is 0 Å². The van der Waals surface area contributed by atoms with E-state index in [-0.39, 0.29) is 5.91 Å². The van der Waals surface area contributed by atoms with E-state index in [1.54, 1.807) is 0 Å². The minimum absolute atomic E-state index is 0.0705. The fraction of sp³-hybridized carbons (Fsp3) is 0.833. The summed E-state index contributed by atoms with van der Waals surface area (Å²) in [6.07, 6.45) is 7.51. The van der Waals surface area contributed by atoms with Gasteiger partial charge in [0.05, 0.1) is 5.69 Å². The summed E-state index contributed by atoms with van der Waals surface area (Å²) in [6, 6.07) is 0. The van der Waals surface area contributed by atoms with Crippen molar-refractivity contribution in [1.82, 2.24) is 19.9 Å². The van der Waals surface area contributed by atoms with Crippen molar-refractivity contribution in [2.45, 2.75) is 65.8 Å². The van der Waals surface area contributed by atoms with Gasteiger partial charge in [-0.1, -0.05) is 31.9 Å². The molecule has 23 heavy (non-hydrogen) atoms. The van der Waals surface area contributed by atoms with Crippen molar-refractivity contribution >= 4 is 5.91 Å². The molecule has 0 spiro atoms. The Kier molecular flexibility index (Phi) is 5.02. The highest BCUT2D eigenvalue weighted by Gasteiger charge is 2.27. The van der Waals surface area contributed by atoms with Gasteiger partial charge in [0.2, 0.25) is 0 Å². The van der Waals surface area contributed by atoms with Gasteiger partial charge >= 0.3 is 0 Å². The maximum absolute atomic E-state index is 12.9. The predicted molar refractivity (Wildman–Crippen MR) is 90.2 cm³/mol. The number of rotatable bonds is 3. The first kappa shape index (κ1) is 16.5. The molecule has 1 amide bonds. The lowest BCUT2D eigenvalue weighted by molar-refractivity contribution is 0.0737. The van der Waals surface area contributed by atoms with Gasteiger partial charge in [0, 0.05) is 19.6 Å². The van der Waals surface area contributed by atoms with Crippen molar-refractivity contribution in [2.75, 3.05) is 13.1 Å². The Morgan fingerprint density at radius 2 is 1.91 bits per heavy atom. The van der Waals surface area contributed by atoms with Crippen molar-refractivity contribution < 1.29 is 4.79 Å². The van der Waals surface area contributed by atoms with E-state index < -0.39 is 0 Å². The van der Waals surface area contributed by atoms with Crippen LogP contribution in [0.4, 0.5) is 0 Å². The van der Waals surface area contributed by atoms with Crippen molar-refractivity contribution in [3.8, 4) is 0 Å². The molecule has 1 aliphatic carbocycles. The van der Waals surface area contributed by atoms with E-state index in [9.17, 15) is 4.79 Å². The topological polar surface area (TPSA) is 51.0 Å². The SMILES string of the molecule is Cc1c(C(=O)N2CC[C@H](C)C[C@@H](C)C2)nnn1CC1CCCC1. The van der Waals surface area contributed by atoms with Gasteiger partial charge in [-0.3, -0.25) is 4.79 Å². The molecule has 0 radical (unpaired) electrons. The van der Waals surface area contributed by atoms with E-state index >= 15 is 0 Å². The monoisotopic (exact) mass is 318 g/mol. The molecule has 1 aromatic heterocycles. The highest BCUT2D eigenvalue weighted by molar-refractivity contribution is 5.93. The Morgan fingerprint density at radius 1 is 1.17 bits per heavy atom. The van der Waals surface area contributed by atoms with Crippen molar-refractivity contribution in [3.63, 3.8) is 0 Å². The highest BCUT2D eigenvalue weighted by Crippen LogP contribution is 2.27. The zero-order valence-corrected chi connectivity index (χ0v) is 14.8. The smallest absolute Gasteiger partial charge is 0.276 e. The molecule has 2 heterocycles. The summed E-state index contributed by atoms with van der Waals surface area (Å²) < 4.78 is 1.95. The minimum atomic E-state index is 0.0705. The maximum atomic E-state index is 12.9. The van der Waals surface area contributed by atoms with Gasteiger partial charge in [0.25, 0.3) is 5.91 Å². The first-order chi connectivity index (χ1) is 11.0. The molecule has 1 saturated carbocycles. The maximum Gasteiger partial charge on any atom is 0.276 e. The van der Waals surface area contributed by atoms with Crippen LogP contribution in [0.5, 0.6) is 0 Å². The molecule has 1 aromatic rings. The summed E-state index contributed by atoms with van der Waals surface area (Å²) in [5.41, 5.74) is 1.50. The van der Waals surface area contributed by atoms with Crippen LogP contribution in [-0.2, 0) is 6.54 Å². The lowest BCUT2D eigenvalue weighted by atomic mass is 9.97. The number of amides is 1. The zero-order valence-electron chi connectivity index (χ0n) is 14.8. The molecule has 0 bridgehead atoms. The van der Waals surface area contributed by atoms with E-state index in [1.807, 2.05) is 16.5 Å². The van der Waals surface area contributed by atoms with Gasteiger partial charge in [0.15, 0.2) is 5.69 Å². The van der Waals surface area contributed by atoms with Crippen LogP contribution in [-0.4, -0.2) is 38.9 Å². The molecule has 2 atom stereocenters. The fourth-order valence-corrected chi connectivity index (χ4v) is 4.23. The Hall–Kier alpha value is -1.39. The number of hydrogen-bond donors (Lipinski definition) is 0. The average Bonchev–Trinajstić information content (AvgIpc) is 3.10. The number of carbonyl (C=O) groups is 1. The number of hydrogen-bond acceptors (Lipinski definition) is 3. The third-order valence-electron chi connectivity index (χ3n) is 5.61. The lowest BCUT2D eigenvalue weighted by Gasteiger charge is -2.22. The minimum Gasteiger partial charge on any atom is -0.337 e. The molecule has 0 aromatic carbocycles. The average molecular weight is 318 g/mol. The van der Waals surface area contributed by atoms with Gasteiger partial charge in [-0.2, -0.15) is 0 Å². The van der Waals surface area contributed by atoms with E-state index in [2.05, 4.69) is 24.2 Å². The second-order valence-electron chi connectivity index (χ2n) is 7.84. The Bertz CT molecular complexity index is 547. The van der Waals surface area contributed by atoms with Crippen molar-refractivity contribution in [3.05, 3.63) is 11.4 Å². The molecule has 0 unspecified atom stereocenters. The third kappa shape index (κ3) is 3.75. The molecule has 5 nitrogen and oxygen atoms in total. The van der Waals surface area contributed by atoms with Crippen LogP contribution in [0, 0.1) is 24.7 Å². The lowest BCUT2D eigenvalue weighted by Crippen LogP contribution is -2.34. The van der Waals surface area contributed by atoms with Gasteiger partial charge in [-0.15, -0.1) is 5.10 Å². The van der Waals surface area contributed by atoms with Crippen LogP contribution in [0.15, 0.2) is 0 Å². The Labute approximate surface area is 139 Å². The zero-order chi connectivity index (χ0) is 16.4. The van der Waals surface area contributed by atoms with E-state index in [0.717, 1.165) is 31.7 Å². The summed E-state index contributed by atoms with van der Waals surface area (Å²) in [7, 11) is 0. The summed E-state index contributed by atoms with van der Waals surface area (Å²) in [4.78, 5) is 14.9. The van der Waals surface area contributed by atoms with Crippen LogP contribution in [0.25, 0.3) is 0 Å². The number of likely N-dealkylation sites (tertiary alicyclic amines) is 1. The molecule has 1 saturated heterocycles. The number of aromatic nitrogens is 3. The first-order valence-corrected chi connectivity index (χ1v) is 9.24. The molecule has 2 fully saturated rings. The van der Waals surface area contributed by atoms with Gasteiger partial charge in [-0.05, 0) is 50.4 Å². The van der Waals surface area contributed by atoms with Crippen LogP contribution in [0.2, 0.25) is 0 Å². The third-order valence-corrected chi connectivity index (χ3v) is 5.61. The molecule has 5 heteroatoms. The molecule has 3 rings (SSSR count). The fourth-order valence-electron chi connectivity index (χ4n) is 4.23. The van der Waals surface area contributed by atoms with Gasteiger partial charge in [-0.25, -0.2) is 4.68 Å². The number of carbonyl (C=O) groups excluding carboxylic acids is 1. The summed E-state index contributed by atoms with van der Waals surface area (Å²) in [5.74, 6) is 2.03. The molecule has 2 aliphatic rings. The summed E-state index contributed by atoms with van der Waals surface area (Å²) >= 11 is 0. The van der Waals surface area contributed by atoms with E-state index in [0.29, 0.717) is 23.4 Å². The molecule has 0 N–H and O–H groups in total. The summed E-state index contributed by atoms with van der Waals surface area (Å²) in [6.45, 7) is 9.13. The second-order valence-corrected chi connectivity index (χ2v) is 7.84. The van der Waals surface area contributed by atoms with Crippen molar-refractivity contribution in [1.29, 1.82) is 0 Å². The standard InChI is InChI=1S/C18H30N4O/c1-13-8-9-21(11-14(2)10-13)18(23)17-15(3)22(20-19-17)12-16-6-4-5-7-16/h13-14,16H,4-12H2,1-3H3/t13-,14+/m0/s1. The van der Waals surface area contributed by atoms with Crippen LogP contribution in [0.1, 0.15) is 68.6 Å². The molecule has 128 valence electrons. The van der Waals surface area contributed by atoms with Crippen LogP contribution >= 0.6 is 0 Å². The second kappa shape index (κ2) is 7.02. The van der Waals surface area contributed by atoms with Crippen molar-refractivity contribution in [2.24, 2.45) is 17.8 Å². The highest BCUT2D eigenvalue weighted by atomic mass is 16.2. The molecular formula is C18H30N4O. The Morgan fingerprint density at radius 3 is 2.65 bits per heavy atom. The normalized spacial score (nSPS) is 26.5. The Balaban J connectivity index is 1.70. The molecule has 1 aliphatic heterocycles. The largest absolute Gasteiger partial charge is 0.337 e. The summed E-state index contributed by atoms with van der Waals surface area (Å²) in [5, 5.41) is 8.50. The van der Waals surface area contributed by atoms with Gasteiger partial charge < -0.3 is 4.90 Å². The van der Waals surface area contributed by atoms with Crippen LogP contribution < -0.4 is 0 Å². The predicted octanol–water partition coefficient (Wildman–Crippen LogP) is 3.28. The van der Waals surface area contributed by atoms with Gasteiger partial charge in [0.1, 0.15) is 0 Å². The number of nitrogens with zero attached hydrogens (tertiary/aromatic N) is 4.